The van der Waals surface area contributed by atoms with Crippen molar-refractivity contribution in [1.82, 2.24) is 9.97 Å². The molecule has 0 saturated heterocycles. The van der Waals surface area contributed by atoms with Crippen LogP contribution in [0, 0.1) is 5.41 Å². The summed E-state index contributed by atoms with van der Waals surface area (Å²) in [6.07, 6.45) is 7.84. The predicted molar refractivity (Wildman–Crippen MR) is 53.6 cm³/mol. The molecule has 1 fully saturated rings. The zero-order chi connectivity index (χ0) is 10.2. The maximum atomic E-state index is 10.6. The highest BCUT2D eigenvalue weighted by molar-refractivity contribution is 5.15. The Balaban J connectivity index is 2.42. The van der Waals surface area contributed by atoms with Crippen LogP contribution in [0.1, 0.15) is 38.8 Å². The molecular formula is C11H16N2O. The molecule has 1 aliphatic rings. The fourth-order valence-electron chi connectivity index (χ4n) is 2.32. The Kier molecular flexibility index (Phi) is 2.07. The molecule has 1 N–H and O–H groups in total. The van der Waals surface area contributed by atoms with Crippen molar-refractivity contribution in [3.05, 3.63) is 24.3 Å². The summed E-state index contributed by atoms with van der Waals surface area (Å²) in [6, 6.07) is 0. The molecule has 76 valence electrons. The lowest BCUT2D eigenvalue weighted by Crippen LogP contribution is -2.37. The second-order valence-electron chi connectivity index (χ2n) is 4.69. The van der Waals surface area contributed by atoms with E-state index in [1.54, 1.807) is 18.6 Å². The normalized spacial score (nSPS) is 30.5. The van der Waals surface area contributed by atoms with E-state index in [4.69, 9.17) is 0 Å². The molecule has 0 aromatic carbocycles. The van der Waals surface area contributed by atoms with Crippen LogP contribution in [0.4, 0.5) is 0 Å². The van der Waals surface area contributed by atoms with E-state index in [1.165, 1.54) is 0 Å². The first-order valence-corrected chi connectivity index (χ1v) is 5.05. The standard InChI is InChI=1S/C11H16N2O/c1-10(2)4-3-5-11(10,14)9-8-12-6-7-13-9/h6-8,14H,3-5H2,1-2H3. The van der Waals surface area contributed by atoms with Gasteiger partial charge in [0.05, 0.1) is 11.9 Å². The number of aromatic nitrogens is 2. The molecule has 1 atom stereocenters. The lowest BCUT2D eigenvalue weighted by atomic mass is 9.76. The van der Waals surface area contributed by atoms with Crippen molar-refractivity contribution in [3.63, 3.8) is 0 Å². The van der Waals surface area contributed by atoms with E-state index in [0.717, 1.165) is 19.3 Å². The van der Waals surface area contributed by atoms with Gasteiger partial charge in [-0.1, -0.05) is 13.8 Å². The fraction of sp³-hybridized carbons (Fsp3) is 0.636. The van der Waals surface area contributed by atoms with Gasteiger partial charge in [0.25, 0.3) is 0 Å². The monoisotopic (exact) mass is 192 g/mol. The highest BCUT2D eigenvalue weighted by atomic mass is 16.3. The average Bonchev–Trinajstić information content (AvgIpc) is 2.44. The highest BCUT2D eigenvalue weighted by Crippen LogP contribution is 2.51. The fourth-order valence-corrected chi connectivity index (χ4v) is 2.32. The van der Waals surface area contributed by atoms with Crippen LogP contribution in [-0.4, -0.2) is 15.1 Å². The average molecular weight is 192 g/mol. The topological polar surface area (TPSA) is 46.0 Å². The third-order valence-corrected chi connectivity index (χ3v) is 3.45. The number of hydrogen-bond donors (Lipinski definition) is 1. The van der Waals surface area contributed by atoms with Crippen molar-refractivity contribution >= 4 is 0 Å². The van der Waals surface area contributed by atoms with Crippen LogP contribution in [-0.2, 0) is 5.60 Å². The molecule has 1 aromatic rings. The van der Waals surface area contributed by atoms with Crippen molar-refractivity contribution in [1.29, 1.82) is 0 Å². The molecule has 1 unspecified atom stereocenters. The van der Waals surface area contributed by atoms with Gasteiger partial charge >= 0.3 is 0 Å². The van der Waals surface area contributed by atoms with Gasteiger partial charge in [0.15, 0.2) is 0 Å². The van der Waals surface area contributed by atoms with Gasteiger partial charge < -0.3 is 5.11 Å². The quantitative estimate of drug-likeness (QED) is 0.739. The molecule has 3 heteroatoms. The van der Waals surface area contributed by atoms with Crippen LogP contribution in [0.2, 0.25) is 0 Å². The van der Waals surface area contributed by atoms with E-state index in [9.17, 15) is 5.11 Å². The minimum atomic E-state index is -0.790. The Hall–Kier alpha value is -0.960. The summed E-state index contributed by atoms with van der Waals surface area (Å²) >= 11 is 0. The first-order chi connectivity index (χ1) is 6.56. The summed E-state index contributed by atoms with van der Waals surface area (Å²) in [5, 5.41) is 10.6. The molecule has 3 nitrogen and oxygen atoms in total. The van der Waals surface area contributed by atoms with Gasteiger partial charge in [-0.2, -0.15) is 0 Å². The molecule has 0 radical (unpaired) electrons. The maximum absolute atomic E-state index is 10.6. The Morgan fingerprint density at radius 1 is 1.29 bits per heavy atom. The van der Waals surface area contributed by atoms with Crippen LogP contribution >= 0.6 is 0 Å². The molecule has 2 rings (SSSR count). The highest BCUT2D eigenvalue weighted by Gasteiger charge is 2.49. The maximum Gasteiger partial charge on any atom is 0.113 e. The van der Waals surface area contributed by atoms with Gasteiger partial charge in [0.2, 0.25) is 0 Å². The first kappa shape index (κ1) is 9.59. The van der Waals surface area contributed by atoms with E-state index in [1.807, 2.05) is 0 Å². The van der Waals surface area contributed by atoms with Crippen molar-refractivity contribution in [2.75, 3.05) is 0 Å². The number of nitrogens with zero attached hydrogens (tertiary/aromatic N) is 2. The molecule has 14 heavy (non-hydrogen) atoms. The zero-order valence-electron chi connectivity index (χ0n) is 8.70. The van der Waals surface area contributed by atoms with Crippen molar-refractivity contribution in [3.8, 4) is 0 Å². The van der Waals surface area contributed by atoms with Crippen LogP contribution in [0.5, 0.6) is 0 Å². The minimum Gasteiger partial charge on any atom is -0.383 e. The van der Waals surface area contributed by atoms with Gasteiger partial charge in [-0.05, 0) is 24.7 Å². The van der Waals surface area contributed by atoms with E-state index >= 15 is 0 Å². The number of rotatable bonds is 1. The van der Waals surface area contributed by atoms with Crippen LogP contribution in [0.3, 0.4) is 0 Å². The SMILES string of the molecule is CC1(C)CCCC1(O)c1cnccn1. The van der Waals surface area contributed by atoms with Gasteiger partial charge in [-0.25, -0.2) is 0 Å². The lowest BCUT2D eigenvalue weighted by molar-refractivity contribution is -0.0524. The first-order valence-electron chi connectivity index (χ1n) is 5.05. The smallest absolute Gasteiger partial charge is 0.113 e. The van der Waals surface area contributed by atoms with E-state index in [0.29, 0.717) is 5.69 Å². The summed E-state index contributed by atoms with van der Waals surface area (Å²) in [4.78, 5) is 8.23. The Morgan fingerprint density at radius 3 is 2.57 bits per heavy atom. The second-order valence-corrected chi connectivity index (χ2v) is 4.69. The van der Waals surface area contributed by atoms with Gasteiger partial charge in [0.1, 0.15) is 5.60 Å². The van der Waals surface area contributed by atoms with E-state index < -0.39 is 5.60 Å². The van der Waals surface area contributed by atoms with Crippen LogP contribution < -0.4 is 0 Å². The largest absolute Gasteiger partial charge is 0.383 e. The van der Waals surface area contributed by atoms with Gasteiger partial charge in [0, 0.05) is 12.4 Å². The summed E-state index contributed by atoms with van der Waals surface area (Å²) in [7, 11) is 0. The Morgan fingerprint density at radius 2 is 2.07 bits per heavy atom. The summed E-state index contributed by atoms with van der Waals surface area (Å²) in [6.45, 7) is 4.18. The Labute approximate surface area is 84.2 Å². The molecular weight excluding hydrogens is 176 g/mol. The summed E-state index contributed by atoms with van der Waals surface area (Å²) in [5.41, 5.74) is -0.174. The molecule has 0 amide bonds. The van der Waals surface area contributed by atoms with Crippen molar-refractivity contribution in [2.24, 2.45) is 5.41 Å². The predicted octanol–water partition coefficient (Wildman–Crippen LogP) is 1.87. The Bertz CT molecular complexity index is 323. The third-order valence-electron chi connectivity index (χ3n) is 3.45. The summed E-state index contributed by atoms with van der Waals surface area (Å²) in [5.74, 6) is 0. The van der Waals surface area contributed by atoms with Gasteiger partial charge in [-0.3, -0.25) is 9.97 Å². The van der Waals surface area contributed by atoms with Crippen LogP contribution in [0.25, 0.3) is 0 Å². The van der Waals surface area contributed by atoms with E-state index in [2.05, 4.69) is 23.8 Å². The molecule has 1 heterocycles. The molecule has 1 aromatic heterocycles. The molecule has 0 aliphatic heterocycles. The summed E-state index contributed by atoms with van der Waals surface area (Å²) < 4.78 is 0. The van der Waals surface area contributed by atoms with Crippen molar-refractivity contribution < 1.29 is 5.11 Å². The minimum absolute atomic E-state index is 0.0942. The third kappa shape index (κ3) is 1.23. The van der Waals surface area contributed by atoms with E-state index in [-0.39, 0.29) is 5.41 Å². The number of aliphatic hydroxyl groups is 1. The van der Waals surface area contributed by atoms with Crippen LogP contribution in [0.15, 0.2) is 18.6 Å². The molecule has 1 aliphatic carbocycles. The van der Waals surface area contributed by atoms with Crippen molar-refractivity contribution in [2.45, 2.75) is 38.7 Å². The lowest BCUT2D eigenvalue weighted by Gasteiger charge is -2.35. The number of hydrogen-bond acceptors (Lipinski definition) is 3. The second kappa shape index (κ2) is 3.02. The van der Waals surface area contributed by atoms with Gasteiger partial charge in [-0.15, -0.1) is 0 Å². The molecule has 0 bridgehead atoms. The molecule has 1 saturated carbocycles. The zero-order valence-corrected chi connectivity index (χ0v) is 8.70. The molecule has 0 spiro atoms.